The zero-order valence-electron chi connectivity index (χ0n) is 10.9. The molecule has 1 N–H and O–H groups in total. The number of hydrogen-bond donors (Lipinski definition) is 1. The summed E-state index contributed by atoms with van der Waals surface area (Å²) < 4.78 is 2.54. The number of rotatable bonds is 3. The molecule has 0 atom stereocenters. The molecule has 0 unspecified atom stereocenters. The van der Waals surface area contributed by atoms with Crippen LogP contribution in [0.25, 0.3) is 21.8 Å². The summed E-state index contributed by atoms with van der Waals surface area (Å²) >= 11 is 1.37. The van der Waals surface area contributed by atoms with Crippen LogP contribution in [0.15, 0.2) is 59.4 Å². The first-order valence-corrected chi connectivity index (χ1v) is 7.05. The van der Waals surface area contributed by atoms with Crippen molar-refractivity contribution in [2.45, 2.75) is 0 Å². The molecule has 1 aromatic heterocycles. The fourth-order valence-electron chi connectivity index (χ4n) is 2.06. The Labute approximate surface area is 124 Å². The average Bonchev–Trinajstić information content (AvgIpc) is 2.83. The van der Waals surface area contributed by atoms with Gasteiger partial charge in [-0.1, -0.05) is 35.8 Å². The Kier molecular flexibility index (Phi) is 3.41. The summed E-state index contributed by atoms with van der Waals surface area (Å²) in [6.07, 6.45) is 2.58. The Hall–Kier alpha value is -2.66. The minimum atomic E-state index is -1.00. The summed E-state index contributed by atoms with van der Waals surface area (Å²) in [4.78, 5) is 22.9. The molecule has 0 saturated heterocycles. The molecule has 0 fully saturated rings. The molecule has 0 amide bonds. The van der Waals surface area contributed by atoms with Crippen LogP contribution < -0.4 is 5.56 Å². The monoisotopic (exact) mass is 297 g/mol. The van der Waals surface area contributed by atoms with Crippen molar-refractivity contribution in [1.29, 1.82) is 0 Å². The quantitative estimate of drug-likeness (QED) is 0.755. The van der Waals surface area contributed by atoms with E-state index in [4.69, 9.17) is 5.11 Å². The second kappa shape index (κ2) is 5.38. The highest BCUT2D eigenvalue weighted by atomic mass is 32.1. The number of nitrogens with zero attached hydrogens (tertiary/aromatic N) is 1. The van der Waals surface area contributed by atoms with Crippen molar-refractivity contribution >= 4 is 33.7 Å². The number of carboxylic acids is 1. The van der Waals surface area contributed by atoms with Crippen molar-refractivity contribution in [3.05, 3.63) is 70.5 Å². The van der Waals surface area contributed by atoms with Gasteiger partial charge >= 0.3 is 5.97 Å². The Bertz CT molecular complexity index is 905. The zero-order valence-corrected chi connectivity index (χ0v) is 11.7. The molecule has 0 aliphatic rings. The molecule has 3 aromatic rings. The first kappa shape index (κ1) is 13.3. The summed E-state index contributed by atoms with van der Waals surface area (Å²) in [5.41, 5.74) is 1.41. The molecule has 2 aromatic carbocycles. The predicted octanol–water partition coefficient (Wildman–Crippen LogP) is 3.15. The van der Waals surface area contributed by atoms with Gasteiger partial charge in [0, 0.05) is 6.08 Å². The fraction of sp³-hybridized carbons (Fsp3) is 0. The highest BCUT2D eigenvalue weighted by Gasteiger charge is 2.08. The lowest BCUT2D eigenvalue weighted by Crippen LogP contribution is -2.10. The van der Waals surface area contributed by atoms with E-state index in [-0.39, 0.29) is 5.56 Å². The fourth-order valence-corrected chi connectivity index (χ4v) is 3.05. The van der Waals surface area contributed by atoms with E-state index in [2.05, 4.69) is 0 Å². The number of aliphatic carboxylic acids is 1. The maximum absolute atomic E-state index is 12.4. The molecule has 104 valence electrons. The number of fused-ring (bicyclic) bond motifs is 1. The molecule has 0 spiro atoms. The van der Waals surface area contributed by atoms with E-state index in [9.17, 15) is 9.59 Å². The van der Waals surface area contributed by atoms with Crippen molar-refractivity contribution < 1.29 is 9.90 Å². The number of hydrogen-bond acceptors (Lipinski definition) is 3. The van der Waals surface area contributed by atoms with Gasteiger partial charge in [-0.25, -0.2) is 8.75 Å². The summed E-state index contributed by atoms with van der Waals surface area (Å²) in [5, 5.41) is 9.35. The Morgan fingerprint density at radius 1 is 1.14 bits per heavy atom. The molecule has 0 radical (unpaired) electrons. The normalized spacial score (nSPS) is 11.2. The average molecular weight is 297 g/mol. The molecular weight excluding hydrogens is 286 g/mol. The minimum absolute atomic E-state index is 0.0602. The van der Waals surface area contributed by atoms with Crippen LogP contribution in [0.2, 0.25) is 0 Å². The molecule has 21 heavy (non-hydrogen) atoms. The summed E-state index contributed by atoms with van der Waals surface area (Å²) in [6.45, 7) is 0. The number of carbonyl (C=O) groups is 1. The second-order valence-electron chi connectivity index (χ2n) is 4.45. The summed E-state index contributed by atoms with van der Waals surface area (Å²) in [7, 11) is 0. The van der Waals surface area contributed by atoms with E-state index >= 15 is 0 Å². The molecule has 0 bridgehead atoms. The van der Waals surface area contributed by atoms with Crippen molar-refractivity contribution in [1.82, 2.24) is 3.96 Å². The van der Waals surface area contributed by atoms with Crippen LogP contribution in [-0.4, -0.2) is 15.0 Å². The van der Waals surface area contributed by atoms with Gasteiger partial charge in [-0.05, 0) is 35.9 Å². The van der Waals surface area contributed by atoms with E-state index in [1.165, 1.54) is 17.6 Å². The highest BCUT2D eigenvalue weighted by molar-refractivity contribution is 7.14. The largest absolute Gasteiger partial charge is 0.478 e. The van der Waals surface area contributed by atoms with Gasteiger partial charge in [-0.2, -0.15) is 0 Å². The Morgan fingerprint density at radius 3 is 2.71 bits per heavy atom. The smallest absolute Gasteiger partial charge is 0.328 e. The minimum Gasteiger partial charge on any atom is -0.478 e. The van der Waals surface area contributed by atoms with E-state index < -0.39 is 5.97 Å². The molecule has 1 heterocycles. The zero-order chi connectivity index (χ0) is 14.8. The third-order valence-corrected chi connectivity index (χ3v) is 4.13. The van der Waals surface area contributed by atoms with Crippen molar-refractivity contribution in [3.8, 4) is 5.69 Å². The predicted molar refractivity (Wildman–Crippen MR) is 84.1 cm³/mol. The molecule has 3 rings (SSSR count). The van der Waals surface area contributed by atoms with Crippen LogP contribution in [0.1, 0.15) is 5.56 Å². The number of benzene rings is 2. The van der Waals surface area contributed by atoms with Gasteiger partial charge in [0.25, 0.3) is 5.56 Å². The third-order valence-electron chi connectivity index (χ3n) is 3.01. The lowest BCUT2D eigenvalue weighted by molar-refractivity contribution is -0.131. The Morgan fingerprint density at radius 2 is 1.95 bits per heavy atom. The SMILES string of the molecule is O=C(O)/C=C/c1cccc(-n2sc3ccccc3c2=O)c1. The van der Waals surface area contributed by atoms with Crippen LogP contribution in [0.4, 0.5) is 0 Å². The van der Waals surface area contributed by atoms with Crippen molar-refractivity contribution in [2.75, 3.05) is 0 Å². The first-order chi connectivity index (χ1) is 10.1. The van der Waals surface area contributed by atoms with Gasteiger partial charge in [0.05, 0.1) is 15.8 Å². The molecule has 4 nitrogen and oxygen atoms in total. The van der Waals surface area contributed by atoms with Crippen molar-refractivity contribution in [3.63, 3.8) is 0 Å². The lowest BCUT2D eigenvalue weighted by Gasteiger charge is -2.01. The van der Waals surface area contributed by atoms with Gasteiger partial charge in [0.1, 0.15) is 0 Å². The number of aromatic nitrogens is 1. The van der Waals surface area contributed by atoms with Crippen LogP contribution in [0, 0.1) is 0 Å². The van der Waals surface area contributed by atoms with Gasteiger partial charge in [0.2, 0.25) is 0 Å². The first-order valence-electron chi connectivity index (χ1n) is 6.28. The second-order valence-corrected chi connectivity index (χ2v) is 5.44. The van der Waals surface area contributed by atoms with E-state index in [1.807, 2.05) is 24.3 Å². The molecule has 0 saturated carbocycles. The summed E-state index contributed by atoms with van der Waals surface area (Å²) in [5.74, 6) is -1.00. The topological polar surface area (TPSA) is 59.3 Å². The lowest BCUT2D eigenvalue weighted by atomic mass is 10.2. The highest BCUT2D eigenvalue weighted by Crippen LogP contribution is 2.20. The molecular formula is C16H11NO3S. The standard InChI is InChI=1S/C16H11NO3S/c18-15(19)9-8-11-4-3-5-12(10-11)17-16(20)13-6-1-2-7-14(13)21-17/h1-10H,(H,18,19)/b9-8+. The maximum Gasteiger partial charge on any atom is 0.328 e. The number of carboxylic acid groups (broad SMARTS) is 1. The van der Waals surface area contributed by atoms with Gasteiger partial charge in [0.15, 0.2) is 0 Å². The van der Waals surface area contributed by atoms with Crippen LogP contribution >= 0.6 is 11.5 Å². The van der Waals surface area contributed by atoms with E-state index in [1.54, 1.807) is 28.2 Å². The summed E-state index contributed by atoms with van der Waals surface area (Å²) in [6, 6.07) is 14.7. The third kappa shape index (κ3) is 2.64. The van der Waals surface area contributed by atoms with Gasteiger partial charge in [-0.3, -0.25) is 4.79 Å². The maximum atomic E-state index is 12.4. The van der Waals surface area contributed by atoms with Gasteiger partial charge < -0.3 is 5.11 Å². The van der Waals surface area contributed by atoms with E-state index in [0.29, 0.717) is 5.39 Å². The van der Waals surface area contributed by atoms with E-state index in [0.717, 1.165) is 22.0 Å². The van der Waals surface area contributed by atoms with Crippen LogP contribution in [0.3, 0.4) is 0 Å². The molecule has 0 aliphatic carbocycles. The molecule has 0 aliphatic heterocycles. The Balaban J connectivity index is 2.11. The van der Waals surface area contributed by atoms with Crippen LogP contribution in [-0.2, 0) is 4.79 Å². The van der Waals surface area contributed by atoms with Crippen molar-refractivity contribution in [2.24, 2.45) is 0 Å². The molecule has 5 heteroatoms. The van der Waals surface area contributed by atoms with Crippen LogP contribution in [0.5, 0.6) is 0 Å². The van der Waals surface area contributed by atoms with Gasteiger partial charge in [-0.15, -0.1) is 0 Å².